The van der Waals surface area contributed by atoms with Crippen molar-refractivity contribution in [1.82, 2.24) is 8.87 Å². The summed E-state index contributed by atoms with van der Waals surface area (Å²) in [6.07, 6.45) is 4.21. The van der Waals surface area contributed by atoms with E-state index < -0.39 is 15.9 Å². The maximum atomic E-state index is 13.3. The molecule has 168 valence electrons. The molecule has 2 N–H and O–H groups in total. The largest absolute Gasteiger partial charge is 0.364 e. The van der Waals surface area contributed by atoms with Crippen LogP contribution >= 0.6 is 0 Å². The third kappa shape index (κ3) is 4.99. The topological polar surface area (TPSA) is 106 Å². The minimum atomic E-state index is -3.75. The van der Waals surface area contributed by atoms with Crippen molar-refractivity contribution in [2.45, 2.75) is 37.5 Å². The van der Waals surface area contributed by atoms with Crippen LogP contribution in [0.3, 0.4) is 0 Å². The fraction of sp³-hybridized carbons (Fsp3) is 0.455. The van der Waals surface area contributed by atoms with Gasteiger partial charge in [-0.15, -0.1) is 0 Å². The molecular formula is C22H30N4O4S. The number of rotatable bonds is 8. The van der Waals surface area contributed by atoms with Gasteiger partial charge in [-0.3, -0.25) is 9.59 Å². The van der Waals surface area contributed by atoms with Gasteiger partial charge in [0.25, 0.3) is 5.91 Å². The lowest BCUT2D eigenvalue weighted by molar-refractivity contribution is -0.123. The zero-order chi connectivity index (χ0) is 22.6. The number of benzene rings is 1. The highest BCUT2D eigenvalue weighted by atomic mass is 32.2. The molecule has 9 heteroatoms. The minimum absolute atomic E-state index is 0.0439. The van der Waals surface area contributed by atoms with Gasteiger partial charge < -0.3 is 15.2 Å². The number of sulfonamides is 1. The van der Waals surface area contributed by atoms with Crippen LogP contribution in [-0.2, 0) is 21.9 Å². The average Bonchev–Trinajstić information content (AvgIpc) is 3.17. The van der Waals surface area contributed by atoms with E-state index in [4.69, 9.17) is 5.73 Å². The molecule has 1 aromatic carbocycles. The number of aromatic nitrogens is 1. The van der Waals surface area contributed by atoms with E-state index in [1.807, 2.05) is 35.2 Å². The number of carbonyl (C=O) groups excluding carboxylic acids is 2. The Labute approximate surface area is 183 Å². The summed E-state index contributed by atoms with van der Waals surface area (Å²) in [5.41, 5.74) is 6.31. The average molecular weight is 447 g/mol. The van der Waals surface area contributed by atoms with E-state index in [0.717, 1.165) is 18.5 Å². The molecule has 0 radical (unpaired) electrons. The Morgan fingerprint density at radius 1 is 1.16 bits per heavy atom. The predicted molar refractivity (Wildman–Crippen MR) is 119 cm³/mol. The Balaban J connectivity index is 1.71. The van der Waals surface area contributed by atoms with Gasteiger partial charge in [0.15, 0.2) is 0 Å². The quantitative estimate of drug-likeness (QED) is 0.672. The summed E-state index contributed by atoms with van der Waals surface area (Å²) in [6.45, 7) is 3.26. The maximum Gasteiger partial charge on any atom is 0.265 e. The molecule has 2 heterocycles. The lowest BCUT2D eigenvalue weighted by Crippen LogP contribution is -2.44. The standard InChI is InChI=1S/C22H30N4O4S/c1-3-4-12-26(18-8-6-5-7-9-18)22(28)17-10-13-25(14-11-17)31(29,30)19-15-20(21(23)27)24(2)16-19/h5-9,15-17H,3-4,10-14H2,1-2H3,(H2,23,27). The van der Waals surface area contributed by atoms with E-state index in [1.54, 1.807) is 7.05 Å². The Hall–Kier alpha value is -2.65. The van der Waals surface area contributed by atoms with Gasteiger partial charge in [-0.25, -0.2) is 8.42 Å². The molecule has 0 aliphatic carbocycles. The molecule has 1 aromatic heterocycles. The normalized spacial score (nSPS) is 15.7. The molecule has 1 fully saturated rings. The molecule has 1 saturated heterocycles. The van der Waals surface area contributed by atoms with Crippen molar-refractivity contribution >= 4 is 27.5 Å². The van der Waals surface area contributed by atoms with Gasteiger partial charge in [-0.2, -0.15) is 4.31 Å². The number of para-hydroxylation sites is 1. The van der Waals surface area contributed by atoms with Crippen molar-refractivity contribution in [2.75, 3.05) is 24.5 Å². The third-order valence-corrected chi connectivity index (χ3v) is 7.61. The zero-order valence-corrected chi connectivity index (χ0v) is 18.8. The van der Waals surface area contributed by atoms with Crippen molar-refractivity contribution in [2.24, 2.45) is 18.7 Å². The summed E-state index contributed by atoms with van der Waals surface area (Å²) >= 11 is 0. The number of aryl methyl sites for hydroxylation is 1. The first-order valence-electron chi connectivity index (χ1n) is 10.6. The van der Waals surface area contributed by atoms with Gasteiger partial charge in [0.1, 0.15) is 10.6 Å². The second-order valence-electron chi connectivity index (χ2n) is 7.89. The molecule has 2 amide bonds. The number of carbonyl (C=O) groups is 2. The van der Waals surface area contributed by atoms with E-state index in [2.05, 4.69) is 6.92 Å². The Morgan fingerprint density at radius 2 is 1.81 bits per heavy atom. The predicted octanol–water partition coefficient (Wildman–Crippen LogP) is 2.36. The second kappa shape index (κ2) is 9.65. The van der Waals surface area contributed by atoms with Crippen LogP contribution in [0.15, 0.2) is 47.5 Å². The van der Waals surface area contributed by atoms with Crippen LogP contribution in [0.25, 0.3) is 0 Å². The lowest BCUT2D eigenvalue weighted by atomic mass is 9.96. The van der Waals surface area contributed by atoms with Crippen LogP contribution in [-0.4, -0.2) is 48.7 Å². The molecule has 0 atom stereocenters. The van der Waals surface area contributed by atoms with E-state index in [1.165, 1.54) is 21.1 Å². The second-order valence-corrected chi connectivity index (χ2v) is 9.83. The first-order chi connectivity index (χ1) is 14.8. The van der Waals surface area contributed by atoms with Gasteiger partial charge in [-0.1, -0.05) is 31.5 Å². The Kier molecular flexibility index (Phi) is 7.17. The van der Waals surface area contributed by atoms with Crippen LogP contribution in [0.2, 0.25) is 0 Å². The first kappa shape index (κ1) is 23.0. The highest BCUT2D eigenvalue weighted by molar-refractivity contribution is 7.89. The van der Waals surface area contributed by atoms with E-state index in [9.17, 15) is 18.0 Å². The lowest BCUT2D eigenvalue weighted by Gasteiger charge is -2.33. The van der Waals surface area contributed by atoms with Gasteiger partial charge in [0.05, 0.1) is 0 Å². The number of hydrogen-bond donors (Lipinski definition) is 1. The number of anilines is 1. The highest BCUT2D eigenvalue weighted by Gasteiger charge is 2.35. The fourth-order valence-electron chi connectivity index (χ4n) is 3.92. The molecule has 0 unspecified atom stereocenters. The van der Waals surface area contributed by atoms with Crippen molar-refractivity contribution in [3.8, 4) is 0 Å². The number of nitrogens with zero attached hydrogens (tertiary/aromatic N) is 3. The van der Waals surface area contributed by atoms with Gasteiger partial charge in [0, 0.05) is 44.5 Å². The molecule has 1 aliphatic heterocycles. The monoisotopic (exact) mass is 446 g/mol. The summed E-state index contributed by atoms with van der Waals surface area (Å²) in [5.74, 6) is -0.853. The molecule has 0 spiro atoms. The van der Waals surface area contributed by atoms with E-state index in [-0.39, 0.29) is 35.5 Å². The number of piperidine rings is 1. The smallest absolute Gasteiger partial charge is 0.265 e. The van der Waals surface area contributed by atoms with Crippen LogP contribution in [0, 0.1) is 5.92 Å². The first-order valence-corrected chi connectivity index (χ1v) is 12.0. The number of nitrogens with two attached hydrogens (primary N) is 1. The van der Waals surface area contributed by atoms with Crippen LogP contribution in [0.5, 0.6) is 0 Å². The number of hydrogen-bond acceptors (Lipinski definition) is 4. The number of amides is 2. The summed E-state index contributed by atoms with van der Waals surface area (Å²) in [4.78, 5) is 26.6. The molecule has 0 bridgehead atoms. The summed E-state index contributed by atoms with van der Waals surface area (Å²) < 4.78 is 28.8. The molecule has 31 heavy (non-hydrogen) atoms. The van der Waals surface area contributed by atoms with Crippen molar-refractivity contribution < 1.29 is 18.0 Å². The summed E-state index contributed by atoms with van der Waals surface area (Å²) in [6, 6.07) is 10.9. The van der Waals surface area contributed by atoms with Crippen LogP contribution in [0.1, 0.15) is 43.1 Å². The number of unbranched alkanes of at least 4 members (excludes halogenated alkanes) is 1. The number of primary amides is 1. The molecule has 0 saturated carbocycles. The van der Waals surface area contributed by atoms with Crippen molar-refractivity contribution in [3.63, 3.8) is 0 Å². The molecule has 2 aromatic rings. The van der Waals surface area contributed by atoms with Crippen molar-refractivity contribution in [3.05, 3.63) is 48.3 Å². The highest BCUT2D eigenvalue weighted by Crippen LogP contribution is 2.28. The van der Waals surface area contributed by atoms with Crippen LogP contribution in [0.4, 0.5) is 5.69 Å². The van der Waals surface area contributed by atoms with E-state index in [0.29, 0.717) is 19.4 Å². The Bertz CT molecular complexity index is 1030. The summed E-state index contributed by atoms with van der Waals surface area (Å²) in [5, 5.41) is 0. The van der Waals surface area contributed by atoms with Crippen LogP contribution < -0.4 is 10.6 Å². The van der Waals surface area contributed by atoms with E-state index >= 15 is 0 Å². The van der Waals surface area contributed by atoms with Gasteiger partial charge in [0.2, 0.25) is 15.9 Å². The molecule has 8 nitrogen and oxygen atoms in total. The fourth-order valence-corrected chi connectivity index (χ4v) is 5.47. The SMILES string of the molecule is CCCCN(C(=O)C1CCN(S(=O)(=O)c2cc(C(N)=O)n(C)c2)CC1)c1ccccc1. The molecule has 1 aliphatic rings. The summed E-state index contributed by atoms with van der Waals surface area (Å²) in [7, 11) is -2.17. The van der Waals surface area contributed by atoms with Crippen molar-refractivity contribution in [1.29, 1.82) is 0 Å². The Morgan fingerprint density at radius 3 is 2.35 bits per heavy atom. The van der Waals surface area contributed by atoms with Gasteiger partial charge in [-0.05, 0) is 37.5 Å². The molecular weight excluding hydrogens is 416 g/mol. The minimum Gasteiger partial charge on any atom is -0.364 e. The molecule has 3 rings (SSSR count). The third-order valence-electron chi connectivity index (χ3n) is 5.74. The zero-order valence-electron chi connectivity index (χ0n) is 18.0. The maximum absolute atomic E-state index is 13.3. The van der Waals surface area contributed by atoms with Gasteiger partial charge >= 0.3 is 0 Å².